The lowest BCUT2D eigenvalue weighted by atomic mass is 10.1. The molecule has 0 aliphatic rings. The fourth-order valence-corrected chi connectivity index (χ4v) is 3.62. The number of hydrogen-bond acceptors (Lipinski definition) is 7. The number of esters is 1. The summed E-state index contributed by atoms with van der Waals surface area (Å²) >= 11 is 1.16. The molecule has 9 heteroatoms. The molecule has 146 valence electrons. The maximum atomic E-state index is 13.1. The number of thioether (sulfide) groups is 1. The number of amides is 1. The van der Waals surface area contributed by atoms with E-state index in [1.54, 1.807) is 32.2 Å². The summed E-state index contributed by atoms with van der Waals surface area (Å²) in [6.45, 7) is 1.90. The lowest BCUT2D eigenvalue weighted by molar-refractivity contribution is -0.119. The Balaban J connectivity index is 2.15. The molecule has 0 aliphatic carbocycles. The van der Waals surface area contributed by atoms with Gasteiger partial charge < -0.3 is 14.5 Å². The number of ether oxygens (including phenoxy) is 1. The van der Waals surface area contributed by atoms with Crippen LogP contribution in [0.2, 0.25) is 0 Å². The van der Waals surface area contributed by atoms with Gasteiger partial charge in [-0.15, -0.1) is 0 Å². The number of methoxy groups -OCH3 is 1. The quantitative estimate of drug-likeness (QED) is 0.383. The molecule has 1 atom stereocenters. The molecule has 0 spiro atoms. The van der Waals surface area contributed by atoms with Crippen LogP contribution in [0.3, 0.4) is 0 Å². The van der Waals surface area contributed by atoms with Gasteiger partial charge >= 0.3 is 5.97 Å². The van der Waals surface area contributed by atoms with Gasteiger partial charge in [0.05, 0.1) is 41.6 Å². The molecule has 0 radical (unpaired) electrons. The lowest BCUT2D eigenvalue weighted by Gasteiger charge is -2.15. The highest BCUT2D eigenvalue weighted by Crippen LogP contribution is 2.24. The zero-order chi connectivity index (χ0) is 20.3. The van der Waals surface area contributed by atoms with Crippen LogP contribution in [0.4, 0.5) is 0 Å². The Hall–Kier alpha value is -3.07. The largest absolute Gasteiger partial charge is 0.467 e. The van der Waals surface area contributed by atoms with Crippen LogP contribution in [-0.2, 0) is 16.1 Å². The van der Waals surface area contributed by atoms with Crippen LogP contribution in [0, 0.1) is 0 Å². The minimum Gasteiger partial charge on any atom is -0.467 e. The Kier molecular flexibility index (Phi) is 5.84. The SMILES string of the molecule is CNC(=O)C(C)Sc1nc2cc(C(=O)OC)ccc2c(=O)n1Cc1ccco1. The molecule has 3 aromatic rings. The molecular formula is C19H19N3O5S. The summed E-state index contributed by atoms with van der Waals surface area (Å²) in [5, 5.41) is 2.82. The predicted octanol–water partition coefficient (Wildman–Crippen LogP) is 2.05. The van der Waals surface area contributed by atoms with Crippen molar-refractivity contribution in [2.24, 2.45) is 0 Å². The molecule has 0 saturated heterocycles. The van der Waals surface area contributed by atoms with Gasteiger partial charge in [-0.05, 0) is 37.3 Å². The highest BCUT2D eigenvalue weighted by Gasteiger charge is 2.20. The summed E-state index contributed by atoms with van der Waals surface area (Å²) in [6.07, 6.45) is 1.53. The summed E-state index contributed by atoms with van der Waals surface area (Å²) in [7, 11) is 2.83. The smallest absolute Gasteiger partial charge is 0.337 e. The van der Waals surface area contributed by atoms with Crippen molar-refractivity contribution in [1.29, 1.82) is 0 Å². The molecule has 0 fully saturated rings. The first-order chi connectivity index (χ1) is 13.4. The highest BCUT2D eigenvalue weighted by atomic mass is 32.2. The van der Waals surface area contributed by atoms with Crippen LogP contribution in [0.25, 0.3) is 10.9 Å². The number of hydrogen-bond donors (Lipinski definition) is 1. The average Bonchev–Trinajstić information content (AvgIpc) is 3.22. The molecule has 8 nitrogen and oxygen atoms in total. The van der Waals surface area contributed by atoms with Gasteiger partial charge in [0.1, 0.15) is 5.76 Å². The van der Waals surface area contributed by atoms with E-state index in [1.165, 1.54) is 30.1 Å². The maximum absolute atomic E-state index is 13.1. The Labute approximate surface area is 164 Å². The number of aromatic nitrogens is 2. The molecule has 1 aromatic carbocycles. The topological polar surface area (TPSA) is 103 Å². The summed E-state index contributed by atoms with van der Waals surface area (Å²) < 4.78 is 11.6. The first-order valence-corrected chi connectivity index (χ1v) is 9.36. The molecular weight excluding hydrogens is 382 g/mol. The van der Waals surface area contributed by atoms with E-state index < -0.39 is 11.2 Å². The fourth-order valence-electron chi connectivity index (χ4n) is 2.65. The van der Waals surface area contributed by atoms with Crippen molar-refractivity contribution >= 4 is 34.5 Å². The molecule has 2 aromatic heterocycles. The normalized spacial score (nSPS) is 12.0. The van der Waals surface area contributed by atoms with Crippen LogP contribution in [0.5, 0.6) is 0 Å². The molecule has 28 heavy (non-hydrogen) atoms. The lowest BCUT2D eigenvalue weighted by Crippen LogP contribution is -2.29. The Morgan fingerprint density at radius 2 is 2.14 bits per heavy atom. The van der Waals surface area contributed by atoms with Crippen LogP contribution in [-0.4, -0.2) is 40.8 Å². The number of nitrogens with one attached hydrogen (secondary N) is 1. The molecule has 0 aliphatic heterocycles. The Bertz CT molecular complexity index is 1080. The van der Waals surface area contributed by atoms with Crippen LogP contribution < -0.4 is 10.9 Å². The van der Waals surface area contributed by atoms with Crippen molar-refractivity contribution in [3.05, 3.63) is 58.3 Å². The van der Waals surface area contributed by atoms with Crippen molar-refractivity contribution < 1.29 is 18.7 Å². The molecule has 0 bridgehead atoms. The number of carbonyl (C=O) groups excluding carboxylic acids is 2. The van der Waals surface area contributed by atoms with E-state index >= 15 is 0 Å². The van der Waals surface area contributed by atoms with Crippen molar-refractivity contribution in [2.75, 3.05) is 14.2 Å². The van der Waals surface area contributed by atoms with E-state index in [2.05, 4.69) is 10.3 Å². The fraction of sp³-hybridized carbons (Fsp3) is 0.263. The van der Waals surface area contributed by atoms with Gasteiger partial charge in [0.15, 0.2) is 5.16 Å². The second-order valence-corrected chi connectivity index (χ2v) is 7.27. The van der Waals surface area contributed by atoms with Gasteiger partial charge in [-0.1, -0.05) is 11.8 Å². The van der Waals surface area contributed by atoms with Crippen molar-refractivity contribution in [1.82, 2.24) is 14.9 Å². The zero-order valence-electron chi connectivity index (χ0n) is 15.6. The standard InChI is InChI=1S/C19H19N3O5S/c1-11(16(23)20-2)28-19-21-15-9-12(18(25)26-3)6-7-14(15)17(24)22(19)10-13-5-4-8-27-13/h4-9,11H,10H2,1-3H3,(H,20,23). The van der Waals surface area contributed by atoms with Gasteiger partial charge in [0.25, 0.3) is 5.56 Å². The minimum absolute atomic E-state index is 0.177. The second-order valence-electron chi connectivity index (χ2n) is 5.96. The number of rotatable bonds is 6. The summed E-state index contributed by atoms with van der Waals surface area (Å²) in [4.78, 5) is 41.4. The van der Waals surface area contributed by atoms with E-state index in [1.807, 2.05) is 0 Å². The van der Waals surface area contributed by atoms with E-state index in [-0.39, 0.29) is 18.0 Å². The van der Waals surface area contributed by atoms with E-state index in [9.17, 15) is 14.4 Å². The van der Waals surface area contributed by atoms with Gasteiger partial charge in [-0.3, -0.25) is 14.2 Å². The Morgan fingerprint density at radius 3 is 2.79 bits per heavy atom. The van der Waals surface area contributed by atoms with E-state index in [4.69, 9.17) is 9.15 Å². The summed E-state index contributed by atoms with van der Waals surface area (Å²) in [6, 6.07) is 8.07. The third-order valence-corrected chi connectivity index (χ3v) is 5.22. The first-order valence-electron chi connectivity index (χ1n) is 8.48. The highest BCUT2D eigenvalue weighted by molar-refractivity contribution is 8.00. The number of benzene rings is 1. The van der Waals surface area contributed by atoms with Crippen LogP contribution >= 0.6 is 11.8 Å². The number of carbonyl (C=O) groups is 2. The van der Waals surface area contributed by atoms with E-state index in [0.717, 1.165) is 11.8 Å². The zero-order valence-corrected chi connectivity index (χ0v) is 16.4. The molecule has 1 amide bonds. The monoisotopic (exact) mass is 401 g/mol. The van der Waals surface area contributed by atoms with Gasteiger partial charge in [0.2, 0.25) is 5.91 Å². The third kappa shape index (κ3) is 3.94. The van der Waals surface area contributed by atoms with Gasteiger partial charge in [-0.2, -0.15) is 0 Å². The van der Waals surface area contributed by atoms with E-state index in [0.29, 0.717) is 27.4 Å². The van der Waals surface area contributed by atoms with Crippen LogP contribution in [0.15, 0.2) is 51.0 Å². The van der Waals surface area contributed by atoms with Crippen molar-refractivity contribution in [2.45, 2.75) is 23.9 Å². The average molecular weight is 401 g/mol. The first kappa shape index (κ1) is 19.7. The van der Waals surface area contributed by atoms with Crippen LogP contribution in [0.1, 0.15) is 23.0 Å². The van der Waals surface area contributed by atoms with Crippen molar-refractivity contribution in [3.8, 4) is 0 Å². The molecule has 2 heterocycles. The third-order valence-electron chi connectivity index (χ3n) is 4.13. The van der Waals surface area contributed by atoms with Gasteiger partial charge in [0, 0.05) is 7.05 Å². The molecule has 1 N–H and O–H groups in total. The number of furan rings is 1. The van der Waals surface area contributed by atoms with Crippen molar-refractivity contribution in [3.63, 3.8) is 0 Å². The van der Waals surface area contributed by atoms with Gasteiger partial charge in [-0.25, -0.2) is 9.78 Å². The summed E-state index contributed by atoms with van der Waals surface area (Å²) in [5.41, 5.74) is 0.362. The molecule has 1 unspecified atom stereocenters. The molecule has 3 rings (SSSR count). The number of nitrogens with zero attached hydrogens (tertiary/aromatic N) is 2. The predicted molar refractivity (Wildman–Crippen MR) is 105 cm³/mol. The number of fused-ring (bicyclic) bond motifs is 1. The maximum Gasteiger partial charge on any atom is 0.337 e. The molecule has 0 saturated carbocycles. The summed E-state index contributed by atoms with van der Waals surface area (Å²) in [5.74, 6) is -0.118. The Morgan fingerprint density at radius 1 is 1.36 bits per heavy atom. The minimum atomic E-state index is -0.517. The second kappa shape index (κ2) is 8.30.